The molecule has 3 rings (SSSR count). The summed E-state index contributed by atoms with van der Waals surface area (Å²) in [6.45, 7) is 1.94. The Morgan fingerprint density at radius 2 is 1.71 bits per heavy atom. The zero-order valence-electron chi connectivity index (χ0n) is 15.8. The number of amides is 3. The Morgan fingerprint density at radius 1 is 1.04 bits per heavy atom. The third-order valence-electron chi connectivity index (χ3n) is 4.58. The van der Waals surface area contributed by atoms with Crippen LogP contribution in [0.3, 0.4) is 0 Å². The second-order valence-electron chi connectivity index (χ2n) is 6.83. The van der Waals surface area contributed by atoms with Crippen molar-refractivity contribution in [1.82, 2.24) is 5.32 Å². The zero-order chi connectivity index (χ0) is 20.1. The van der Waals surface area contributed by atoms with E-state index in [1.807, 2.05) is 6.92 Å². The quantitative estimate of drug-likeness (QED) is 0.687. The summed E-state index contributed by atoms with van der Waals surface area (Å²) < 4.78 is 5.38. The maximum Gasteiger partial charge on any atom is 0.257 e. The van der Waals surface area contributed by atoms with Crippen molar-refractivity contribution in [3.05, 3.63) is 54.1 Å². The van der Waals surface area contributed by atoms with Gasteiger partial charge in [-0.15, -0.1) is 0 Å². The highest BCUT2D eigenvalue weighted by atomic mass is 16.5. The summed E-state index contributed by atoms with van der Waals surface area (Å²) in [7, 11) is 1.53. The average Bonchev–Trinajstić information content (AvgIpc) is 3.43. The van der Waals surface area contributed by atoms with Crippen molar-refractivity contribution in [2.75, 3.05) is 24.3 Å². The van der Waals surface area contributed by atoms with Crippen LogP contribution in [0.1, 0.15) is 23.7 Å². The highest BCUT2D eigenvalue weighted by Gasteiger charge is 2.39. The van der Waals surface area contributed by atoms with Crippen LogP contribution in [0.5, 0.6) is 5.75 Å². The van der Waals surface area contributed by atoms with E-state index in [1.54, 1.807) is 48.5 Å². The Hall–Kier alpha value is -3.35. The van der Waals surface area contributed by atoms with Crippen molar-refractivity contribution < 1.29 is 19.1 Å². The van der Waals surface area contributed by atoms with Crippen LogP contribution in [0.25, 0.3) is 0 Å². The van der Waals surface area contributed by atoms with Gasteiger partial charge in [0.15, 0.2) is 6.61 Å². The molecule has 0 radical (unpaired) electrons. The molecule has 3 N–H and O–H groups in total. The molecule has 7 heteroatoms. The van der Waals surface area contributed by atoms with Crippen molar-refractivity contribution in [3.8, 4) is 5.75 Å². The van der Waals surface area contributed by atoms with Gasteiger partial charge in [-0.1, -0.05) is 19.1 Å². The van der Waals surface area contributed by atoms with Gasteiger partial charge in [-0.05, 0) is 42.7 Å². The summed E-state index contributed by atoms with van der Waals surface area (Å²) in [4.78, 5) is 35.9. The van der Waals surface area contributed by atoms with Gasteiger partial charge in [0.25, 0.3) is 11.8 Å². The predicted molar refractivity (Wildman–Crippen MR) is 106 cm³/mol. The molecule has 7 nitrogen and oxygen atoms in total. The van der Waals surface area contributed by atoms with E-state index in [-0.39, 0.29) is 30.2 Å². The number of carbonyl (C=O) groups excluding carboxylic acids is 3. The first kappa shape index (κ1) is 19.4. The Bertz CT molecular complexity index is 897. The topological polar surface area (TPSA) is 96.5 Å². The van der Waals surface area contributed by atoms with E-state index in [9.17, 15) is 14.4 Å². The molecule has 1 aliphatic rings. The average molecular weight is 381 g/mol. The first-order valence-corrected chi connectivity index (χ1v) is 9.12. The summed E-state index contributed by atoms with van der Waals surface area (Å²) in [5, 5.41) is 8.12. The van der Waals surface area contributed by atoms with Gasteiger partial charge in [-0.2, -0.15) is 0 Å². The van der Waals surface area contributed by atoms with Crippen LogP contribution in [0.15, 0.2) is 48.5 Å². The molecule has 0 saturated heterocycles. The van der Waals surface area contributed by atoms with Crippen molar-refractivity contribution >= 4 is 29.1 Å². The second-order valence-corrected chi connectivity index (χ2v) is 6.83. The minimum absolute atomic E-state index is 0.00831. The molecule has 0 bridgehead atoms. The van der Waals surface area contributed by atoms with Crippen LogP contribution in [-0.4, -0.2) is 31.4 Å². The fraction of sp³-hybridized carbons (Fsp3) is 0.286. The van der Waals surface area contributed by atoms with E-state index in [4.69, 9.17) is 4.74 Å². The molecule has 146 valence electrons. The van der Waals surface area contributed by atoms with E-state index in [1.165, 1.54) is 7.05 Å². The lowest BCUT2D eigenvalue weighted by Gasteiger charge is -2.10. The van der Waals surface area contributed by atoms with E-state index >= 15 is 0 Å². The van der Waals surface area contributed by atoms with Crippen molar-refractivity contribution in [2.45, 2.75) is 13.3 Å². The predicted octanol–water partition coefficient (Wildman–Crippen LogP) is 2.66. The Balaban J connectivity index is 1.62. The molecule has 0 aliphatic heterocycles. The summed E-state index contributed by atoms with van der Waals surface area (Å²) in [5.41, 5.74) is 1.57. The van der Waals surface area contributed by atoms with Gasteiger partial charge in [0.2, 0.25) is 5.91 Å². The molecule has 2 aromatic carbocycles. The normalized spacial score (nSPS) is 17.4. The Morgan fingerprint density at radius 3 is 2.39 bits per heavy atom. The maximum atomic E-state index is 12.5. The number of hydrogen-bond acceptors (Lipinski definition) is 4. The van der Waals surface area contributed by atoms with Crippen LogP contribution < -0.4 is 20.7 Å². The molecule has 2 aromatic rings. The molecule has 3 amide bonds. The first-order valence-electron chi connectivity index (χ1n) is 9.12. The molecule has 0 aromatic heterocycles. The number of likely N-dealkylation sites (N-methyl/N-ethyl adjacent to an activating group) is 1. The zero-order valence-corrected chi connectivity index (χ0v) is 15.8. The van der Waals surface area contributed by atoms with Gasteiger partial charge in [0.1, 0.15) is 5.75 Å². The van der Waals surface area contributed by atoms with Gasteiger partial charge in [-0.25, -0.2) is 0 Å². The van der Waals surface area contributed by atoms with Crippen molar-refractivity contribution in [1.29, 1.82) is 0 Å². The number of hydrogen-bond donors (Lipinski definition) is 3. The summed E-state index contributed by atoms with van der Waals surface area (Å²) in [6, 6.07) is 13.6. The van der Waals surface area contributed by atoms with E-state index < -0.39 is 0 Å². The molecule has 2 unspecified atom stereocenters. The van der Waals surface area contributed by atoms with Crippen LogP contribution in [-0.2, 0) is 9.59 Å². The van der Waals surface area contributed by atoms with Crippen LogP contribution >= 0.6 is 0 Å². The number of nitrogens with one attached hydrogen (secondary N) is 3. The molecule has 2 atom stereocenters. The first-order chi connectivity index (χ1) is 13.5. The number of ether oxygens (including phenoxy) is 1. The highest BCUT2D eigenvalue weighted by molar-refractivity contribution is 6.05. The maximum absolute atomic E-state index is 12.5. The minimum atomic E-state index is -0.306. The SMILES string of the molecule is CNC(=O)COc1cccc(NC(=O)c2cccc(NC(=O)C3CC3C)c2)c1. The molecule has 1 aliphatic carbocycles. The number of carbonyl (C=O) groups is 3. The number of rotatable bonds is 7. The van der Waals surface area contributed by atoms with Crippen molar-refractivity contribution in [3.63, 3.8) is 0 Å². The largest absolute Gasteiger partial charge is 0.484 e. The molecule has 0 heterocycles. The van der Waals surface area contributed by atoms with E-state index in [2.05, 4.69) is 16.0 Å². The summed E-state index contributed by atoms with van der Waals surface area (Å²) in [5.74, 6) is 0.402. The van der Waals surface area contributed by atoms with Gasteiger partial charge >= 0.3 is 0 Å². The number of anilines is 2. The van der Waals surface area contributed by atoms with Gasteiger partial charge in [-0.3, -0.25) is 14.4 Å². The lowest BCUT2D eigenvalue weighted by Crippen LogP contribution is -2.24. The molecule has 0 spiro atoms. The molecule has 1 saturated carbocycles. The van der Waals surface area contributed by atoms with E-state index in [0.29, 0.717) is 28.6 Å². The molecule has 28 heavy (non-hydrogen) atoms. The Labute approximate surface area is 163 Å². The minimum Gasteiger partial charge on any atom is -0.484 e. The molecular weight excluding hydrogens is 358 g/mol. The van der Waals surface area contributed by atoms with Crippen LogP contribution in [0.2, 0.25) is 0 Å². The fourth-order valence-electron chi connectivity index (χ4n) is 2.75. The summed E-state index contributed by atoms with van der Waals surface area (Å²) in [6.07, 6.45) is 0.907. The fourth-order valence-corrected chi connectivity index (χ4v) is 2.75. The summed E-state index contributed by atoms with van der Waals surface area (Å²) >= 11 is 0. The van der Waals surface area contributed by atoms with Crippen LogP contribution in [0, 0.1) is 11.8 Å². The lowest BCUT2D eigenvalue weighted by molar-refractivity contribution is -0.122. The van der Waals surface area contributed by atoms with Gasteiger partial charge in [0, 0.05) is 36.0 Å². The van der Waals surface area contributed by atoms with E-state index in [0.717, 1.165) is 6.42 Å². The van der Waals surface area contributed by atoms with Crippen LogP contribution in [0.4, 0.5) is 11.4 Å². The van der Waals surface area contributed by atoms with Crippen molar-refractivity contribution in [2.24, 2.45) is 11.8 Å². The second kappa shape index (κ2) is 8.56. The highest BCUT2D eigenvalue weighted by Crippen LogP contribution is 2.38. The standard InChI is InChI=1S/C21H23N3O4/c1-13-9-18(13)21(27)24-15-6-3-5-14(10-15)20(26)23-16-7-4-8-17(11-16)28-12-19(25)22-2/h3-8,10-11,13,18H,9,12H2,1-2H3,(H,22,25)(H,23,26)(H,24,27). The third kappa shape index (κ3) is 5.09. The smallest absolute Gasteiger partial charge is 0.257 e. The van der Waals surface area contributed by atoms with Gasteiger partial charge in [0.05, 0.1) is 0 Å². The number of benzene rings is 2. The molecular formula is C21H23N3O4. The monoisotopic (exact) mass is 381 g/mol. The van der Waals surface area contributed by atoms with Gasteiger partial charge < -0.3 is 20.7 Å². The Kier molecular flexibility index (Phi) is 5.93. The third-order valence-corrected chi connectivity index (χ3v) is 4.58. The molecule has 1 fully saturated rings. The lowest BCUT2D eigenvalue weighted by atomic mass is 10.1.